The molecule has 0 aliphatic heterocycles. The van der Waals surface area contributed by atoms with Crippen molar-refractivity contribution in [3.8, 4) is 0 Å². The van der Waals surface area contributed by atoms with Crippen LogP contribution in [0, 0.1) is 11.8 Å². The van der Waals surface area contributed by atoms with E-state index in [-0.39, 0.29) is 26.1 Å². The van der Waals surface area contributed by atoms with E-state index in [1.165, 1.54) is 6.08 Å². The van der Waals surface area contributed by atoms with Crippen LogP contribution < -0.4 is 10.6 Å². The minimum absolute atomic E-state index is 0.0320. The SMILES string of the molecule is C=CCCC[C@H](Cc1ccccc1)C(=O)OC[C@@H](NC(=O)[C@H](CC=C)CC(=O)N[C@H](C)CO)C(=O)OCc1ccccc1. The maximum Gasteiger partial charge on any atom is 0.332 e. The van der Waals surface area contributed by atoms with Crippen LogP contribution in [-0.2, 0) is 41.7 Å². The Morgan fingerprint density at radius 2 is 1.51 bits per heavy atom. The Bertz CT molecular complexity index is 1170. The molecule has 4 atom stereocenters. The molecule has 43 heavy (non-hydrogen) atoms. The van der Waals surface area contributed by atoms with Crippen LogP contribution in [0.3, 0.4) is 0 Å². The van der Waals surface area contributed by atoms with Gasteiger partial charge in [-0.15, -0.1) is 13.2 Å². The van der Waals surface area contributed by atoms with E-state index in [4.69, 9.17) is 9.47 Å². The Morgan fingerprint density at radius 1 is 0.860 bits per heavy atom. The van der Waals surface area contributed by atoms with Gasteiger partial charge in [0.1, 0.15) is 13.2 Å². The lowest BCUT2D eigenvalue weighted by molar-refractivity contribution is -0.157. The first-order valence-corrected chi connectivity index (χ1v) is 14.6. The van der Waals surface area contributed by atoms with Crippen molar-refractivity contribution in [1.82, 2.24) is 10.6 Å². The zero-order valence-corrected chi connectivity index (χ0v) is 24.9. The Morgan fingerprint density at radius 3 is 2.12 bits per heavy atom. The minimum Gasteiger partial charge on any atom is -0.463 e. The summed E-state index contributed by atoms with van der Waals surface area (Å²) in [6.07, 6.45) is 5.81. The lowest BCUT2D eigenvalue weighted by atomic mass is 9.94. The Balaban J connectivity index is 2.16. The number of aliphatic hydroxyl groups excluding tert-OH is 1. The van der Waals surface area contributed by atoms with Gasteiger partial charge < -0.3 is 25.2 Å². The minimum atomic E-state index is -1.29. The second kappa shape index (κ2) is 19.8. The summed E-state index contributed by atoms with van der Waals surface area (Å²) in [5.74, 6) is -3.56. The molecule has 0 bridgehead atoms. The molecule has 0 radical (unpaired) electrons. The van der Waals surface area contributed by atoms with Gasteiger partial charge >= 0.3 is 11.9 Å². The second-order valence-corrected chi connectivity index (χ2v) is 10.5. The van der Waals surface area contributed by atoms with Gasteiger partial charge in [-0.3, -0.25) is 14.4 Å². The van der Waals surface area contributed by atoms with Crippen LogP contribution in [-0.4, -0.2) is 54.2 Å². The molecule has 0 spiro atoms. The van der Waals surface area contributed by atoms with Crippen LogP contribution >= 0.6 is 0 Å². The fraction of sp³-hybridized carbons (Fsp3) is 0.412. The largest absolute Gasteiger partial charge is 0.463 e. The molecule has 232 valence electrons. The molecule has 0 unspecified atom stereocenters. The topological polar surface area (TPSA) is 131 Å². The Hall–Kier alpha value is -4.24. The van der Waals surface area contributed by atoms with E-state index in [0.717, 1.165) is 24.0 Å². The predicted molar refractivity (Wildman–Crippen MR) is 164 cm³/mol. The Kier molecular flexibility index (Phi) is 16.1. The average Bonchev–Trinajstić information content (AvgIpc) is 3.01. The highest BCUT2D eigenvalue weighted by Crippen LogP contribution is 2.18. The third kappa shape index (κ3) is 13.5. The van der Waals surface area contributed by atoms with Gasteiger partial charge in [0.15, 0.2) is 6.04 Å². The van der Waals surface area contributed by atoms with E-state index in [9.17, 15) is 24.3 Å². The number of benzene rings is 2. The van der Waals surface area contributed by atoms with Crippen molar-refractivity contribution in [2.45, 2.75) is 64.1 Å². The highest BCUT2D eigenvalue weighted by Gasteiger charge is 2.30. The molecule has 0 aromatic heterocycles. The number of ether oxygens (including phenoxy) is 2. The summed E-state index contributed by atoms with van der Waals surface area (Å²) in [5.41, 5.74) is 1.73. The van der Waals surface area contributed by atoms with E-state index in [0.29, 0.717) is 12.8 Å². The number of unbranched alkanes of at least 4 members (excludes halogenated alkanes) is 1. The van der Waals surface area contributed by atoms with Crippen molar-refractivity contribution in [1.29, 1.82) is 0 Å². The molecule has 0 heterocycles. The average molecular weight is 593 g/mol. The molecule has 9 nitrogen and oxygen atoms in total. The number of hydrogen-bond acceptors (Lipinski definition) is 7. The summed E-state index contributed by atoms with van der Waals surface area (Å²) in [4.78, 5) is 52.1. The first kappa shape index (κ1) is 35.0. The van der Waals surface area contributed by atoms with Gasteiger partial charge in [-0.1, -0.05) is 72.8 Å². The van der Waals surface area contributed by atoms with E-state index in [1.54, 1.807) is 25.1 Å². The smallest absolute Gasteiger partial charge is 0.332 e. The molecule has 0 saturated heterocycles. The summed E-state index contributed by atoms with van der Waals surface area (Å²) < 4.78 is 11.1. The van der Waals surface area contributed by atoms with Crippen molar-refractivity contribution < 1.29 is 33.8 Å². The highest BCUT2D eigenvalue weighted by molar-refractivity contribution is 5.89. The normalized spacial score (nSPS) is 13.4. The summed E-state index contributed by atoms with van der Waals surface area (Å²) in [7, 11) is 0. The number of esters is 2. The molecular weight excluding hydrogens is 548 g/mol. The van der Waals surface area contributed by atoms with Gasteiger partial charge in [-0.05, 0) is 50.2 Å². The lowest BCUT2D eigenvalue weighted by Gasteiger charge is -2.23. The number of hydrogen-bond donors (Lipinski definition) is 3. The molecule has 0 aliphatic rings. The highest BCUT2D eigenvalue weighted by atomic mass is 16.6. The van der Waals surface area contributed by atoms with Gasteiger partial charge in [0.25, 0.3) is 0 Å². The van der Waals surface area contributed by atoms with E-state index in [2.05, 4.69) is 23.8 Å². The van der Waals surface area contributed by atoms with Crippen molar-refractivity contribution in [3.63, 3.8) is 0 Å². The van der Waals surface area contributed by atoms with Crippen LogP contribution in [0.15, 0.2) is 86.0 Å². The maximum atomic E-state index is 13.3. The van der Waals surface area contributed by atoms with Crippen molar-refractivity contribution in [2.24, 2.45) is 11.8 Å². The van der Waals surface area contributed by atoms with E-state index < -0.39 is 54.3 Å². The van der Waals surface area contributed by atoms with E-state index in [1.807, 2.05) is 48.5 Å². The number of carbonyl (C=O) groups is 4. The van der Waals surface area contributed by atoms with Gasteiger partial charge in [-0.2, -0.15) is 0 Å². The summed E-state index contributed by atoms with van der Waals surface area (Å²) in [6, 6.07) is 16.9. The first-order valence-electron chi connectivity index (χ1n) is 14.6. The summed E-state index contributed by atoms with van der Waals surface area (Å²) >= 11 is 0. The van der Waals surface area contributed by atoms with Gasteiger partial charge in [0.2, 0.25) is 11.8 Å². The van der Waals surface area contributed by atoms with Crippen LogP contribution in [0.5, 0.6) is 0 Å². The number of allylic oxidation sites excluding steroid dienone is 2. The van der Waals surface area contributed by atoms with Crippen LogP contribution in [0.4, 0.5) is 0 Å². The number of aliphatic hydroxyl groups is 1. The number of rotatable bonds is 20. The molecule has 9 heteroatoms. The van der Waals surface area contributed by atoms with Gasteiger partial charge in [0, 0.05) is 12.5 Å². The van der Waals surface area contributed by atoms with Gasteiger partial charge in [-0.25, -0.2) is 4.79 Å². The third-order valence-corrected chi connectivity index (χ3v) is 6.77. The van der Waals surface area contributed by atoms with Crippen LogP contribution in [0.2, 0.25) is 0 Å². The summed E-state index contributed by atoms with van der Waals surface area (Å²) in [5, 5.41) is 14.5. The molecule has 2 aromatic carbocycles. The quantitative estimate of drug-likeness (QED) is 0.120. The van der Waals surface area contributed by atoms with Crippen molar-refractivity contribution >= 4 is 23.8 Å². The number of nitrogens with one attached hydrogen (secondary N) is 2. The predicted octanol–water partition coefficient (Wildman–Crippen LogP) is 4.05. The van der Waals surface area contributed by atoms with E-state index >= 15 is 0 Å². The maximum absolute atomic E-state index is 13.3. The number of amides is 2. The molecule has 0 aliphatic carbocycles. The molecule has 2 aromatic rings. The zero-order valence-electron chi connectivity index (χ0n) is 24.9. The standard InChI is InChI=1S/C34H44N2O7/c1-4-6-9-19-29(20-26-15-10-7-11-16-26)33(40)43-24-30(34(41)42-23-27-17-12-8-13-18-27)36-32(39)28(14-5-2)21-31(38)35-25(3)22-37/h4-5,7-8,10-13,15-18,25,28-30,37H,1-2,6,9,14,19-24H2,3H3,(H,35,38)(H,36,39)/t25-,28-,29-,30-/m1/s1. The molecule has 0 saturated carbocycles. The van der Waals surface area contributed by atoms with Crippen LogP contribution in [0.1, 0.15) is 50.2 Å². The fourth-order valence-electron chi connectivity index (χ4n) is 4.37. The molecule has 3 N–H and O–H groups in total. The summed E-state index contributed by atoms with van der Waals surface area (Å²) in [6.45, 7) is 8.34. The molecule has 2 amide bonds. The molecular formula is C34H44N2O7. The first-order chi connectivity index (χ1) is 20.8. The monoisotopic (exact) mass is 592 g/mol. The fourth-order valence-corrected chi connectivity index (χ4v) is 4.37. The van der Waals surface area contributed by atoms with Crippen molar-refractivity contribution in [2.75, 3.05) is 13.2 Å². The zero-order chi connectivity index (χ0) is 31.5. The Labute approximate surface area is 254 Å². The van der Waals surface area contributed by atoms with Crippen molar-refractivity contribution in [3.05, 3.63) is 97.1 Å². The van der Waals surface area contributed by atoms with Crippen LogP contribution in [0.25, 0.3) is 0 Å². The third-order valence-electron chi connectivity index (χ3n) is 6.77. The number of carbonyl (C=O) groups excluding carboxylic acids is 4. The second-order valence-electron chi connectivity index (χ2n) is 10.5. The molecule has 2 rings (SSSR count). The molecule has 0 fully saturated rings. The lowest BCUT2D eigenvalue weighted by Crippen LogP contribution is -2.48. The van der Waals surface area contributed by atoms with Gasteiger partial charge in [0.05, 0.1) is 18.4 Å².